The molecule has 10 rings (SSSR count). The van der Waals surface area contributed by atoms with Crippen molar-refractivity contribution in [3.05, 3.63) is 299 Å². The molecule has 524 valence electrons. The van der Waals surface area contributed by atoms with Crippen molar-refractivity contribution in [3.8, 4) is 23.0 Å². The van der Waals surface area contributed by atoms with Crippen molar-refractivity contribution < 1.29 is 124 Å². The highest BCUT2D eigenvalue weighted by Gasteiger charge is 2.50. The Kier molecular flexibility index (Phi) is 21.0. The monoisotopic (exact) mass is 1470 g/mol. The summed E-state index contributed by atoms with van der Waals surface area (Å²) in [6.07, 6.45) is -47.3. The van der Waals surface area contributed by atoms with Crippen molar-refractivity contribution in [3.63, 3.8) is 0 Å². The highest BCUT2D eigenvalue weighted by Crippen LogP contribution is 2.51. The van der Waals surface area contributed by atoms with Gasteiger partial charge in [-0.2, -0.15) is 105 Å². The van der Waals surface area contributed by atoms with Gasteiger partial charge >= 0.3 is 70.5 Å². The van der Waals surface area contributed by atoms with Crippen molar-refractivity contribution in [1.29, 1.82) is 0 Å². The lowest BCUT2D eigenvalue weighted by molar-refractivity contribution is -0.144. The van der Waals surface area contributed by atoms with Crippen LogP contribution < -0.4 is 54.6 Å². The second kappa shape index (κ2) is 28.2. The van der Waals surface area contributed by atoms with Gasteiger partial charge in [-0.25, -0.2) is 0 Å². The average Bonchev–Trinajstić information content (AvgIpc) is 0.722. The molecule has 0 amide bonds. The zero-order valence-corrected chi connectivity index (χ0v) is 51.7. The molecule has 0 bridgehead atoms. The van der Waals surface area contributed by atoms with Crippen molar-refractivity contribution in [2.45, 2.75) is 49.4 Å². The lowest BCUT2D eigenvalue weighted by atomic mass is 9.99. The summed E-state index contributed by atoms with van der Waals surface area (Å²) in [4.78, 5) is 0. The van der Waals surface area contributed by atoms with Gasteiger partial charge in [0.1, 0.15) is 0 Å². The van der Waals surface area contributed by atoms with E-state index in [1.807, 2.05) is 0 Å². The Morgan fingerprint density at radius 3 is 0.450 bits per heavy atom. The molecule has 0 fully saturated rings. The van der Waals surface area contributed by atoms with E-state index >= 15 is 0 Å². The topological polar surface area (TPSA) is 51.0 Å². The SMILES string of the molecule is FC(F)(F)c1cc(O[B-](Oc2cc(C(F)(F)F)cc(C(F)(F)F)c2)(Oc2cc(C(F)(F)F)cc(C(F)(F)F)c2)Oc2cc(C(F)(F)F)cc(C(F)(F)F)c2)cc(C(F)(F)F)c1.c1ccc(P(=[N+]=P(c2ccccc2)(c2ccccc2)c2ccccc2)(c2ccccc2)c2ccccc2)cc1. The van der Waals surface area contributed by atoms with Crippen LogP contribution in [0.5, 0.6) is 23.0 Å². The number of nitrogens with zero attached hydrogens (tertiary/aromatic N) is 1. The van der Waals surface area contributed by atoms with Gasteiger partial charge in [-0.1, -0.05) is 109 Å². The molecule has 0 heterocycles. The van der Waals surface area contributed by atoms with Gasteiger partial charge in [0.05, 0.1) is 99.3 Å². The molecule has 32 heteroatoms. The Bertz CT molecular complexity index is 3820. The maximum Gasteiger partial charge on any atom is 0.777 e. The first-order valence-corrected chi connectivity index (χ1v) is 31.9. The molecular formula is C68H42BF24NO4P2. The fourth-order valence-corrected chi connectivity index (χ4v) is 19.6. The van der Waals surface area contributed by atoms with E-state index in [2.05, 4.69) is 182 Å². The van der Waals surface area contributed by atoms with Crippen LogP contribution in [0.15, 0.2) is 255 Å². The van der Waals surface area contributed by atoms with Gasteiger partial charge in [-0.3, -0.25) is 0 Å². The first-order valence-electron chi connectivity index (χ1n) is 28.4. The lowest BCUT2D eigenvalue weighted by Crippen LogP contribution is -2.60. The summed E-state index contributed by atoms with van der Waals surface area (Å²) in [5.74, 6) is -8.63. The molecule has 0 aliphatic heterocycles. The van der Waals surface area contributed by atoms with Crippen LogP contribution in [0.4, 0.5) is 105 Å². The van der Waals surface area contributed by atoms with Crippen LogP contribution in [0.1, 0.15) is 44.5 Å². The average molecular weight is 1470 g/mol. The van der Waals surface area contributed by atoms with E-state index in [0.29, 0.717) is 0 Å². The summed E-state index contributed by atoms with van der Waals surface area (Å²) < 4.78 is 356. The van der Waals surface area contributed by atoms with Crippen LogP contribution in [0.2, 0.25) is 0 Å². The van der Waals surface area contributed by atoms with Crippen molar-refractivity contribution in [2.75, 3.05) is 0 Å². The molecule has 0 N–H and O–H groups in total. The molecule has 10 aromatic carbocycles. The summed E-state index contributed by atoms with van der Waals surface area (Å²) in [7, 11) is -4.99. The van der Waals surface area contributed by atoms with E-state index in [1.165, 1.54) is 31.8 Å². The van der Waals surface area contributed by atoms with Crippen LogP contribution in [-0.2, 0) is 49.4 Å². The molecule has 10 aromatic rings. The molecule has 100 heavy (non-hydrogen) atoms. The highest BCUT2D eigenvalue weighted by molar-refractivity contribution is 7.93. The minimum Gasteiger partial charge on any atom is -0.611 e. The van der Waals surface area contributed by atoms with Crippen LogP contribution in [-0.4, -0.2) is 6.96 Å². The number of rotatable bonds is 14. The Labute approximate surface area is 551 Å². The Morgan fingerprint density at radius 2 is 0.330 bits per heavy atom. The molecule has 0 spiro atoms. The van der Waals surface area contributed by atoms with E-state index in [0.717, 1.165) is 0 Å². The van der Waals surface area contributed by atoms with E-state index in [4.69, 9.17) is 22.8 Å². The van der Waals surface area contributed by atoms with Crippen LogP contribution in [0.3, 0.4) is 0 Å². The first kappa shape index (κ1) is 74.6. The summed E-state index contributed by atoms with van der Waals surface area (Å²) in [6, 6.07) is 58.3. The Hall–Kier alpha value is -9.65. The van der Waals surface area contributed by atoms with Crippen LogP contribution in [0, 0.1) is 0 Å². The minimum absolute atomic E-state index is 0.574. The molecule has 0 aliphatic carbocycles. The molecule has 0 atom stereocenters. The zero-order valence-electron chi connectivity index (χ0n) is 49.9. The van der Waals surface area contributed by atoms with E-state index in [1.54, 1.807) is 0 Å². The molecule has 0 aromatic heterocycles. The summed E-state index contributed by atoms with van der Waals surface area (Å²) >= 11 is 0. The first-order chi connectivity index (χ1) is 46.5. The number of hydrogen-bond acceptors (Lipinski definition) is 4. The fraction of sp³-hybridized carbons (Fsp3) is 0.118. The van der Waals surface area contributed by atoms with E-state index in [-0.39, 0.29) is 0 Å². The molecule has 0 radical (unpaired) electrons. The third-order valence-corrected chi connectivity index (χ3v) is 22.8. The second-order valence-corrected chi connectivity index (χ2v) is 27.7. The van der Waals surface area contributed by atoms with Gasteiger partial charge in [-0.05, 0) is 146 Å². The molecule has 0 saturated carbocycles. The second-order valence-electron chi connectivity index (χ2n) is 21.4. The molecule has 0 aliphatic rings. The van der Waals surface area contributed by atoms with Gasteiger partial charge in [0.15, 0.2) is 0 Å². The van der Waals surface area contributed by atoms with Gasteiger partial charge < -0.3 is 18.6 Å². The fourth-order valence-electron chi connectivity index (χ4n) is 10.1. The van der Waals surface area contributed by atoms with Crippen molar-refractivity contribution >= 4 is 52.9 Å². The van der Waals surface area contributed by atoms with Crippen molar-refractivity contribution in [2.24, 2.45) is 0 Å². The third kappa shape index (κ3) is 17.5. The number of alkyl halides is 24. The van der Waals surface area contributed by atoms with Gasteiger partial charge in [0, 0.05) is 0 Å². The molecule has 0 unspecified atom stereocenters. The van der Waals surface area contributed by atoms with Gasteiger partial charge in [-0.15, -0.1) is 4.17 Å². The normalized spacial score (nSPS) is 13.0. The van der Waals surface area contributed by atoms with Crippen LogP contribution >= 0.6 is 14.1 Å². The highest BCUT2D eigenvalue weighted by atomic mass is 31.2. The molecular weight excluding hydrogens is 1420 g/mol. The summed E-state index contributed by atoms with van der Waals surface area (Å²) in [5.41, 5.74) is -19.7. The van der Waals surface area contributed by atoms with Crippen molar-refractivity contribution in [1.82, 2.24) is 4.17 Å². The minimum atomic E-state index is -6.10. The number of hydrogen-bond donors (Lipinski definition) is 0. The van der Waals surface area contributed by atoms with Gasteiger partial charge in [0.25, 0.3) is 0 Å². The standard InChI is InChI=1S/C36H30NP2.C32H12BF24O4/c1-7-19-31(20-8-1)38(32-21-9-2-10-22-32,33-23-11-3-12-24-33)37-39(34-25-13-4-14-26-34,35-27-15-5-16-28-35)36-29-17-6-18-30-36;34-25(35,36)13-1-14(26(37,38)39)6-21(5-13)58-33(59-22-7-15(27(40,41)42)2-16(8-22)28(43,44)45,60-23-9-17(29(46,47)48)3-18(10-23)30(49,50)51)61-24-11-19(31(52,53)54)4-20(12-24)32(55,56)57/h1-30H;1-12H/q+1;-1. The summed E-state index contributed by atoms with van der Waals surface area (Å²) in [6.45, 7) is -6.10. The third-order valence-electron chi connectivity index (χ3n) is 14.4. The number of benzene rings is 10. The van der Waals surface area contributed by atoms with E-state index in [9.17, 15) is 105 Å². The molecule has 0 saturated heterocycles. The Balaban J connectivity index is 0.000000255. The predicted octanol–water partition coefficient (Wildman–Crippen LogP) is 20.3. The maximum atomic E-state index is 13.8. The lowest BCUT2D eigenvalue weighted by Gasteiger charge is -2.42. The molecule has 5 nitrogen and oxygen atoms in total. The smallest absolute Gasteiger partial charge is 0.611 e. The van der Waals surface area contributed by atoms with E-state index < -0.39 is 211 Å². The van der Waals surface area contributed by atoms with Gasteiger partial charge in [0.2, 0.25) is 0 Å². The van der Waals surface area contributed by atoms with Crippen LogP contribution in [0.25, 0.3) is 0 Å². The largest absolute Gasteiger partial charge is 0.777 e. The zero-order chi connectivity index (χ0) is 73.1. The maximum absolute atomic E-state index is 13.8. The quantitative estimate of drug-likeness (QED) is 0.0471. The number of halogens is 24. The Morgan fingerprint density at radius 1 is 0.200 bits per heavy atom. The predicted molar refractivity (Wildman–Crippen MR) is 326 cm³/mol. The summed E-state index contributed by atoms with van der Waals surface area (Å²) in [5, 5.41) is 7.55.